The number of hydrogen-bond acceptors (Lipinski definition) is 2. The van der Waals surface area contributed by atoms with E-state index in [0.717, 1.165) is 56.2 Å². The quantitative estimate of drug-likeness (QED) is 0.128. The van der Waals surface area contributed by atoms with Crippen LogP contribution in [-0.4, -0.2) is 9.97 Å². The lowest BCUT2D eigenvalue weighted by Gasteiger charge is -2.20. The van der Waals surface area contributed by atoms with Crippen LogP contribution >= 0.6 is 0 Å². The van der Waals surface area contributed by atoms with Gasteiger partial charge in [0.25, 0.3) is 0 Å². The van der Waals surface area contributed by atoms with E-state index >= 15 is 0 Å². The molecule has 0 amide bonds. The molecule has 0 spiro atoms. The topological polar surface area (TPSA) is 25.8 Å². The van der Waals surface area contributed by atoms with E-state index in [4.69, 9.17) is 9.97 Å². The summed E-state index contributed by atoms with van der Waals surface area (Å²) in [7, 11) is 0. The highest BCUT2D eigenvalue weighted by Crippen LogP contribution is 2.48. The fourth-order valence-corrected chi connectivity index (χ4v) is 12.4. The van der Waals surface area contributed by atoms with E-state index < -0.39 is 0 Å². The first-order chi connectivity index (χ1) is 40.7. The normalized spacial score (nSPS) is 11.4. The molecule has 0 bridgehead atoms. The zero-order chi connectivity index (χ0) is 54.3. The first-order valence-electron chi connectivity index (χ1n) is 28.1. The molecule has 0 fully saturated rings. The van der Waals surface area contributed by atoms with Crippen molar-refractivity contribution in [1.29, 1.82) is 0 Å². The Balaban J connectivity index is 0.909. The lowest BCUT2D eigenvalue weighted by atomic mass is 9.83. The molecule has 2 heterocycles. The molecule has 2 nitrogen and oxygen atoms in total. The van der Waals surface area contributed by atoms with Gasteiger partial charge >= 0.3 is 0 Å². The van der Waals surface area contributed by atoms with Crippen molar-refractivity contribution in [2.24, 2.45) is 0 Å². The molecule has 0 aliphatic heterocycles. The summed E-state index contributed by atoms with van der Waals surface area (Å²) in [5.74, 6) is 0. The van der Waals surface area contributed by atoms with Gasteiger partial charge in [-0.3, -0.25) is 0 Å². The van der Waals surface area contributed by atoms with Gasteiger partial charge in [0.15, 0.2) is 0 Å². The molecule has 382 valence electrons. The van der Waals surface area contributed by atoms with Gasteiger partial charge in [-0.05, 0) is 146 Å². The highest BCUT2D eigenvalue weighted by Gasteiger charge is 2.21. The van der Waals surface area contributed by atoms with Crippen LogP contribution in [0.2, 0.25) is 0 Å². The van der Waals surface area contributed by atoms with E-state index in [1.54, 1.807) is 0 Å². The predicted octanol–water partition coefficient (Wildman–Crippen LogP) is 21.8. The van der Waals surface area contributed by atoms with Gasteiger partial charge < -0.3 is 0 Å². The monoisotopic (exact) mass is 1040 g/mol. The average molecular weight is 1040 g/mol. The third-order valence-corrected chi connectivity index (χ3v) is 16.3. The molecule has 0 radical (unpaired) electrons. The Hall–Kier alpha value is -10.8. The van der Waals surface area contributed by atoms with Gasteiger partial charge in [0.05, 0.1) is 22.8 Å². The second kappa shape index (κ2) is 20.8. The maximum Gasteiger partial charge on any atom is 0.0715 e. The van der Waals surface area contributed by atoms with E-state index in [9.17, 15) is 0 Å². The number of benzene rings is 13. The summed E-state index contributed by atoms with van der Waals surface area (Å²) in [5, 5.41) is 9.62. The minimum atomic E-state index is 0.949. The second-order valence-electron chi connectivity index (χ2n) is 21.1. The molecule has 82 heavy (non-hydrogen) atoms. The first-order valence-corrected chi connectivity index (χ1v) is 28.1. The molecule has 0 aliphatic rings. The summed E-state index contributed by atoms with van der Waals surface area (Å²) < 4.78 is 0. The van der Waals surface area contributed by atoms with Crippen molar-refractivity contribution >= 4 is 43.1 Å². The van der Waals surface area contributed by atoms with Crippen LogP contribution in [-0.2, 0) is 0 Å². The van der Waals surface area contributed by atoms with Crippen LogP contribution in [0.25, 0.3) is 155 Å². The van der Waals surface area contributed by atoms with Crippen LogP contribution in [0.15, 0.2) is 315 Å². The number of rotatable bonds is 10. The number of aromatic nitrogens is 2. The lowest BCUT2D eigenvalue weighted by Crippen LogP contribution is -1.94. The minimum absolute atomic E-state index is 0.949. The molecular formula is C80H52N2. The van der Waals surface area contributed by atoms with E-state index in [1.165, 1.54) is 98.7 Å². The van der Waals surface area contributed by atoms with E-state index in [0.29, 0.717) is 0 Å². The van der Waals surface area contributed by atoms with Gasteiger partial charge in [-0.2, -0.15) is 0 Å². The van der Waals surface area contributed by atoms with Crippen molar-refractivity contribution in [2.75, 3.05) is 0 Å². The van der Waals surface area contributed by atoms with E-state index in [-0.39, 0.29) is 0 Å². The molecule has 0 unspecified atom stereocenters. The molecule has 0 saturated heterocycles. The van der Waals surface area contributed by atoms with Crippen LogP contribution < -0.4 is 0 Å². The van der Waals surface area contributed by atoms with Gasteiger partial charge in [0.1, 0.15) is 0 Å². The Bertz CT molecular complexity index is 4440. The number of fused-ring (bicyclic) bond motifs is 4. The van der Waals surface area contributed by atoms with Crippen LogP contribution in [0.3, 0.4) is 0 Å². The molecule has 0 saturated carbocycles. The van der Waals surface area contributed by atoms with E-state index in [2.05, 4.69) is 315 Å². The van der Waals surface area contributed by atoms with Gasteiger partial charge in [0, 0.05) is 22.3 Å². The van der Waals surface area contributed by atoms with E-state index in [1.807, 2.05) is 0 Å². The van der Waals surface area contributed by atoms with Crippen LogP contribution in [0.1, 0.15) is 0 Å². The Morgan fingerprint density at radius 1 is 0.146 bits per heavy atom. The molecule has 2 heteroatoms. The summed E-state index contributed by atoms with van der Waals surface area (Å²) in [6.07, 6.45) is 0. The average Bonchev–Trinajstić information content (AvgIpc) is 3.46. The fraction of sp³-hybridized carbons (Fsp3) is 0. The maximum absolute atomic E-state index is 5.22. The third-order valence-electron chi connectivity index (χ3n) is 16.3. The van der Waals surface area contributed by atoms with Crippen LogP contribution in [0.5, 0.6) is 0 Å². The fourth-order valence-electron chi connectivity index (χ4n) is 12.4. The predicted molar refractivity (Wildman–Crippen MR) is 346 cm³/mol. The van der Waals surface area contributed by atoms with Crippen molar-refractivity contribution in [2.45, 2.75) is 0 Å². The lowest BCUT2D eigenvalue weighted by molar-refractivity contribution is 1.32. The number of nitrogens with zero attached hydrogens (tertiary/aromatic N) is 2. The molecular weight excluding hydrogens is 989 g/mol. The summed E-state index contributed by atoms with van der Waals surface area (Å²) in [5.41, 5.74) is 22.3. The second-order valence-corrected chi connectivity index (χ2v) is 21.1. The molecule has 0 N–H and O–H groups in total. The molecule has 0 atom stereocenters. The van der Waals surface area contributed by atoms with Gasteiger partial charge in [-0.1, -0.05) is 279 Å². The number of pyridine rings is 2. The summed E-state index contributed by atoms with van der Waals surface area (Å²) in [4.78, 5) is 10.4. The Kier molecular flexibility index (Phi) is 12.2. The maximum atomic E-state index is 5.22. The van der Waals surface area contributed by atoms with Gasteiger partial charge in [-0.15, -0.1) is 0 Å². The van der Waals surface area contributed by atoms with Crippen LogP contribution in [0.4, 0.5) is 0 Å². The third kappa shape index (κ3) is 8.80. The minimum Gasteiger partial charge on any atom is -0.248 e. The van der Waals surface area contributed by atoms with Crippen molar-refractivity contribution in [1.82, 2.24) is 9.97 Å². The zero-order valence-corrected chi connectivity index (χ0v) is 44.9. The van der Waals surface area contributed by atoms with Crippen molar-refractivity contribution in [3.63, 3.8) is 0 Å². The number of hydrogen-bond donors (Lipinski definition) is 0. The zero-order valence-electron chi connectivity index (χ0n) is 44.9. The van der Waals surface area contributed by atoms with Crippen molar-refractivity contribution in [3.8, 4) is 112 Å². The van der Waals surface area contributed by atoms with Crippen molar-refractivity contribution < 1.29 is 0 Å². The molecule has 15 rings (SSSR count). The molecule has 15 aromatic rings. The molecule has 2 aromatic heterocycles. The highest BCUT2D eigenvalue weighted by atomic mass is 14.7. The molecule has 0 aliphatic carbocycles. The highest BCUT2D eigenvalue weighted by molar-refractivity contribution is 6.23. The van der Waals surface area contributed by atoms with Gasteiger partial charge in [-0.25, -0.2) is 9.97 Å². The summed E-state index contributed by atoms with van der Waals surface area (Å²) >= 11 is 0. The summed E-state index contributed by atoms with van der Waals surface area (Å²) in [6.45, 7) is 0. The first kappa shape index (κ1) is 48.3. The standard InChI is InChI=1S/C80H52N2/c1-7-23-53(24-8-1)75-49-61(50-76(81-75)54-25-9-2-10-26-54)65-45-43-63(67-35-19-21-37-69(65)67)59-39-41-71-73(47-59)79(57-31-15-5-16-32-57)72-42-40-60(48-74(72)80(71)58-33-17-6-18-34-58)64-44-46-66(70-38-22-20-36-68(64)70)62-51-77(55-27-11-3-12-28-55)82-78(52-62)56-29-13-4-14-30-56/h1-52H. The largest absolute Gasteiger partial charge is 0.248 e. The Labute approximate surface area is 477 Å². The Morgan fingerprint density at radius 3 is 0.671 bits per heavy atom. The SMILES string of the molecule is c1ccc(-c2cc(-c3ccc(-c4ccc5c(-c6ccccc6)c6cc(-c7ccc(-c8cc(-c9ccccc9)nc(-c9ccccc9)c8)c8ccccc78)ccc6c(-c6ccccc6)c5c4)c4ccccc34)cc(-c3ccccc3)n2)cc1. The van der Waals surface area contributed by atoms with Gasteiger partial charge in [0.2, 0.25) is 0 Å². The molecule has 13 aromatic carbocycles. The van der Waals surface area contributed by atoms with Crippen LogP contribution in [0, 0.1) is 0 Å². The smallest absolute Gasteiger partial charge is 0.0715 e. The summed E-state index contributed by atoms with van der Waals surface area (Å²) in [6, 6.07) is 114. The Morgan fingerprint density at radius 2 is 0.390 bits per heavy atom. The van der Waals surface area contributed by atoms with Crippen molar-refractivity contribution in [3.05, 3.63) is 315 Å².